The number of rotatable bonds is 3. The predicted molar refractivity (Wildman–Crippen MR) is 59.5 cm³/mol. The molecule has 1 aromatic rings. The summed E-state index contributed by atoms with van der Waals surface area (Å²) in [5.74, 6) is -1.30. The summed E-state index contributed by atoms with van der Waals surface area (Å²) in [7, 11) is 0. The maximum atomic E-state index is 10.8. The third kappa shape index (κ3) is 2.17. The van der Waals surface area contributed by atoms with E-state index in [2.05, 4.69) is 0 Å². The molecule has 1 rings (SSSR count). The fraction of sp³-hybridized carbons (Fsp3) is 0.417. The van der Waals surface area contributed by atoms with Gasteiger partial charge in [-0.25, -0.2) is 4.79 Å². The van der Waals surface area contributed by atoms with Crippen molar-refractivity contribution < 1.29 is 20.1 Å². The molecule has 16 heavy (non-hydrogen) atoms. The molecule has 0 fully saturated rings. The summed E-state index contributed by atoms with van der Waals surface area (Å²) < 4.78 is 0. The van der Waals surface area contributed by atoms with Gasteiger partial charge in [0.05, 0.1) is 0 Å². The first kappa shape index (κ1) is 12.5. The molecule has 3 N–H and O–H groups in total. The van der Waals surface area contributed by atoms with Gasteiger partial charge in [0.1, 0.15) is 5.75 Å². The Kier molecular flexibility index (Phi) is 3.24. The van der Waals surface area contributed by atoms with Crippen LogP contribution in [0.4, 0.5) is 0 Å². The number of benzene rings is 1. The number of hydrogen-bond donors (Lipinski definition) is 3. The maximum Gasteiger partial charge on any atom is 0.333 e. The van der Waals surface area contributed by atoms with Gasteiger partial charge >= 0.3 is 5.97 Å². The molecule has 1 unspecified atom stereocenters. The second kappa shape index (κ2) is 4.14. The molecule has 1 atom stereocenters. The minimum atomic E-state index is -1.56. The lowest BCUT2D eigenvalue weighted by Gasteiger charge is -2.29. The summed E-state index contributed by atoms with van der Waals surface area (Å²) in [4.78, 5) is 10.8. The summed E-state index contributed by atoms with van der Waals surface area (Å²) in [6, 6.07) is 4.91. The number of hydrogen-bond acceptors (Lipinski definition) is 3. The van der Waals surface area contributed by atoms with E-state index in [0.29, 0.717) is 5.56 Å². The van der Waals surface area contributed by atoms with Crippen molar-refractivity contribution in [3.05, 3.63) is 29.3 Å². The van der Waals surface area contributed by atoms with Crippen LogP contribution in [0.2, 0.25) is 0 Å². The molecule has 0 saturated carbocycles. The summed E-state index contributed by atoms with van der Waals surface area (Å²) >= 11 is 0. The number of phenols is 1. The molecule has 0 aromatic heterocycles. The minimum Gasteiger partial charge on any atom is -0.508 e. The van der Waals surface area contributed by atoms with Gasteiger partial charge in [0.25, 0.3) is 0 Å². The first-order chi connectivity index (χ1) is 7.26. The SMILES string of the molecule is Cc1ccc(O)c(C(C)(C)C(O)C(=O)O)c1. The zero-order valence-corrected chi connectivity index (χ0v) is 9.56. The molecule has 0 saturated heterocycles. The predicted octanol–water partition coefficient (Wildman–Crippen LogP) is 1.42. The number of aliphatic hydroxyl groups is 1. The first-order valence-corrected chi connectivity index (χ1v) is 4.97. The molecule has 0 bridgehead atoms. The number of phenolic OH excluding ortho intramolecular Hbond substituents is 1. The minimum absolute atomic E-state index is 0.00380. The van der Waals surface area contributed by atoms with Gasteiger partial charge in [-0.15, -0.1) is 0 Å². The first-order valence-electron chi connectivity index (χ1n) is 4.97. The fourth-order valence-electron chi connectivity index (χ4n) is 1.62. The topological polar surface area (TPSA) is 77.8 Å². The van der Waals surface area contributed by atoms with Crippen molar-refractivity contribution in [3.63, 3.8) is 0 Å². The van der Waals surface area contributed by atoms with Gasteiger partial charge < -0.3 is 15.3 Å². The normalized spacial score (nSPS) is 13.5. The largest absolute Gasteiger partial charge is 0.508 e. The Morgan fingerprint density at radius 2 is 1.94 bits per heavy atom. The van der Waals surface area contributed by atoms with E-state index >= 15 is 0 Å². The average molecular weight is 224 g/mol. The standard InChI is InChI=1S/C12H16O4/c1-7-4-5-9(13)8(6-7)12(2,3)10(14)11(15)16/h4-6,10,13-14H,1-3H3,(H,15,16). The van der Waals surface area contributed by atoms with E-state index in [4.69, 9.17) is 5.11 Å². The molecule has 88 valence electrons. The average Bonchev–Trinajstić information content (AvgIpc) is 2.20. The highest BCUT2D eigenvalue weighted by Gasteiger charge is 2.37. The van der Waals surface area contributed by atoms with Crippen LogP contribution in [-0.4, -0.2) is 27.4 Å². The van der Waals surface area contributed by atoms with Gasteiger partial charge in [0.15, 0.2) is 6.10 Å². The van der Waals surface area contributed by atoms with Crippen molar-refractivity contribution in [3.8, 4) is 5.75 Å². The van der Waals surface area contributed by atoms with E-state index in [1.54, 1.807) is 26.0 Å². The van der Waals surface area contributed by atoms with E-state index in [-0.39, 0.29) is 5.75 Å². The monoisotopic (exact) mass is 224 g/mol. The lowest BCUT2D eigenvalue weighted by Crippen LogP contribution is -2.39. The van der Waals surface area contributed by atoms with Gasteiger partial charge in [-0.2, -0.15) is 0 Å². The van der Waals surface area contributed by atoms with E-state index in [1.807, 2.05) is 6.92 Å². The highest BCUT2D eigenvalue weighted by Crippen LogP contribution is 2.34. The number of aliphatic hydroxyl groups excluding tert-OH is 1. The summed E-state index contributed by atoms with van der Waals surface area (Å²) in [5, 5.41) is 28.1. The zero-order chi connectivity index (χ0) is 12.5. The molecule has 0 spiro atoms. The Bertz CT molecular complexity index is 409. The number of carboxylic acid groups (broad SMARTS) is 1. The molecular formula is C12H16O4. The van der Waals surface area contributed by atoms with Crippen molar-refractivity contribution in [1.29, 1.82) is 0 Å². The second-order valence-corrected chi connectivity index (χ2v) is 4.48. The maximum absolute atomic E-state index is 10.8. The number of carboxylic acids is 1. The molecule has 4 heteroatoms. The van der Waals surface area contributed by atoms with E-state index in [9.17, 15) is 15.0 Å². The quantitative estimate of drug-likeness (QED) is 0.725. The molecule has 0 radical (unpaired) electrons. The summed E-state index contributed by atoms with van der Waals surface area (Å²) in [6.45, 7) is 5.01. The smallest absolute Gasteiger partial charge is 0.333 e. The Morgan fingerprint density at radius 3 is 2.44 bits per heavy atom. The van der Waals surface area contributed by atoms with Crippen LogP contribution in [0.3, 0.4) is 0 Å². The van der Waals surface area contributed by atoms with Gasteiger partial charge in [0, 0.05) is 11.0 Å². The summed E-state index contributed by atoms with van der Waals surface area (Å²) in [5.41, 5.74) is 0.294. The zero-order valence-electron chi connectivity index (χ0n) is 9.56. The Labute approximate surface area is 94.2 Å². The molecule has 1 aromatic carbocycles. The molecule has 0 heterocycles. The van der Waals surface area contributed by atoms with E-state index in [1.165, 1.54) is 6.07 Å². The van der Waals surface area contributed by atoms with Crippen LogP contribution in [0, 0.1) is 6.92 Å². The van der Waals surface area contributed by atoms with Gasteiger partial charge in [0.2, 0.25) is 0 Å². The molecular weight excluding hydrogens is 208 g/mol. The summed E-state index contributed by atoms with van der Waals surface area (Å²) in [6.07, 6.45) is -1.56. The highest BCUT2D eigenvalue weighted by molar-refractivity contribution is 5.74. The Hall–Kier alpha value is -1.55. The lowest BCUT2D eigenvalue weighted by atomic mass is 9.78. The number of aryl methyl sites for hydroxylation is 1. The van der Waals surface area contributed by atoms with Crippen LogP contribution in [0.1, 0.15) is 25.0 Å². The number of aromatic hydroxyl groups is 1. The van der Waals surface area contributed by atoms with Crippen LogP contribution in [0.25, 0.3) is 0 Å². The van der Waals surface area contributed by atoms with Gasteiger partial charge in [-0.3, -0.25) is 0 Å². The van der Waals surface area contributed by atoms with Crippen molar-refractivity contribution >= 4 is 5.97 Å². The third-order valence-electron chi connectivity index (χ3n) is 2.76. The third-order valence-corrected chi connectivity index (χ3v) is 2.76. The second-order valence-electron chi connectivity index (χ2n) is 4.48. The van der Waals surface area contributed by atoms with Gasteiger partial charge in [-0.05, 0) is 13.0 Å². The van der Waals surface area contributed by atoms with Crippen LogP contribution >= 0.6 is 0 Å². The van der Waals surface area contributed by atoms with Crippen LogP contribution < -0.4 is 0 Å². The van der Waals surface area contributed by atoms with Crippen molar-refractivity contribution in [2.75, 3.05) is 0 Å². The molecule has 0 aliphatic rings. The molecule has 0 aliphatic carbocycles. The molecule has 0 aliphatic heterocycles. The van der Waals surface area contributed by atoms with Crippen LogP contribution in [-0.2, 0) is 10.2 Å². The van der Waals surface area contributed by atoms with Crippen LogP contribution in [0.5, 0.6) is 5.75 Å². The van der Waals surface area contributed by atoms with Crippen molar-refractivity contribution in [2.45, 2.75) is 32.3 Å². The highest BCUT2D eigenvalue weighted by atomic mass is 16.4. The molecule has 0 amide bonds. The van der Waals surface area contributed by atoms with Crippen molar-refractivity contribution in [2.24, 2.45) is 0 Å². The van der Waals surface area contributed by atoms with E-state index in [0.717, 1.165) is 5.56 Å². The van der Waals surface area contributed by atoms with E-state index < -0.39 is 17.5 Å². The lowest BCUT2D eigenvalue weighted by molar-refractivity contribution is -0.150. The van der Waals surface area contributed by atoms with Crippen LogP contribution in [0.15, 0.2) is 18.2 Å². The van der Waals surface area contributed by atoms with Crippen molar-refractivity contribution in [1.82, 2.24) is 0 Å². The number of aliphatic carboxylic acids is 1. The number of carbonyl (C=O) groups is 1. The Balaban J connectivity index is 3.25. The Morgan fingerprint density at radius 1 is 1.38 bits per heavy atom. The van der Waals surface area contributed by atoms with Gasteiger partial charge in [-0.1, -0.05) is 31.5 Å². The fourth-order valence-corrected chi connectivity index (χ4v) is 1.62. The molecule has 4 nitrogen and oxygen atoms in total.